The van der Waals surface area contributed by atoms with Gasteiger partial charge >= 0.3 is 5.97 Å². The topological polar surface area (TPSA) is 40.5 Å². The molecule has 1 heterocycles. The van der Waals surface area contributed by atoms with Crippen LogP contribution in [0.15, 0.2) is 0 Å². The van der Waals surface area contributed by atoms with Crippen LogP contribution in [0.25, 0.3) is 0 Å². The van der Waals surface area contributed by atoms with Gasteiger partial charge < -0.3 is 5.11 Å². The summed E-state index contributed by atoms with van der Waals surface area (Å²) in [5.74, 6) is 0.0460. The van der Waals surface area contributed by atoms with Gasteiger partial charge in [-0.15, -0.1) is 0 Å². The monoisotopic (exact) mass is 253 g/mol. The lowest BCUT2D eigenvalue weighted by atomic mass is 9.84. The van der Waals surface area contributed by atoms with Crippen LogP contribution >= 0.6 is 0 Å². The van der Waals surface area contributed by atoms with Gasteiger partial charge in [-0.25, -0.2) is 0 Å². The molecular formula is C15H27NO2. The summed E-state index contributed by atoms with van der Waals surface area (Å²) in [6.07, 6.45) is 9.31. The van der Waals surface area contributed by atoms with Gasteiger partial charge in [-0.2, -0.15) is 0 Å². The summed E-state index contributed by atoms with van der Waals surface area (Å²) < 4.78 is 0. The lowest BCUT2D eigenvalue weighted by Gasteiger charge is -2.38. The third kappa shape index (κ3) is 2.56. The maximum atomic E-state index is 11.5. The largest absolute Gasteiger partial charge is 0.480 e. The van der Waals surface area contributed by atoms with E-state index in [0.29, 0.717) is 18.0 Å². The lowest BCUT2D eigenvalue weighted by molar-refractivity contribution is -0.143. The van der Waals surface area contributed by atoms with Crippen LogP contribution in [-0.2, 0) is 4.79 Å². The smallest absolute Gasteiger partial charge is 0.320 e. The van der Waals surface area contributed by atoms with Gasteiger partial charge in [0.1, 0.15) is 6.04 Å². The van der Waals surface area contributed by atoms with Crippen molar-refractivity contribution in [3.8, 4) is 0 Å². The lowest BCUT2D eigenvalue weighted by Crippen LogP contribution is -2.48. The number of nitrogens with zero attached hydrogens (tertiary/aromatic N) is 1. The average Bonchev–Trinajstić information content (AvgIpc) is 2.75. The van der Waals surface area contributed by atoms with Crippen molar-refractivity contribution < 1.29 is 9.90 Å². The summed E-state index contributed by atoms with van der Waals surface area (Å²) in [5, 5.41) is 9.50. The fourth-order valence-corrected chi connectivity index (χ4v) is 4.15. The summed E-state index contributed by atoms with van der Waals surface area (Å²) in [6, 6.07) is 0.815. The number of hydrogen-bond donors (Lipinski definition) is 1. The minimum Gasteiger partial charge on any atom is -0.480 e. The Morgan fingerprint density at radius 1 is 1.33 bits per heavy atom. The number of carboxylic acids is 1. The van der Waals surface area contributed by atoms with Gasteiger partial charge in [-0.05, 0) is 38.0 Å². The fraction of sp³-hybridized carbons (Fsp3) is 0.933. The first kappa shape index (κ1) is 13.9. The molecule has 3 heteroatoms. The highest BCUT2D eigenvalue weighted by Gasteiger charge is 2.47. The van der Waals surface area contributed by atoms with Gasteiger partial charge in [0.05, 0.1) is 0 Å². The Labute approximate surface area is 111 Å². The van der Waals surface area contributed by atoms with E-state index in [-0.39, 0.29) is 6.04 Å². The molecule has 2 fully saturated rings. The summed E-state index contributed by atoms with van der Waals surface area (Å²) >= 11 is 0. The number of aliphatic carboxylic acids is 1. The molecule has 0 aromatic carbocycles. The summed E-state index contributed by atoms with van der Waals surface area (Å²) in [7, 11) is 0. The van der Waals surface area contributed by atoms with E-state index in [4.69, 9.17) is 0 Å². The molecule has 0 radical (unpaired) electrons. The maximum absolute atomic E-state index is 11.5. The average molecular weight is 253 g/mol. The molecule has 0 bridgehead atoms. The van der Waals surface area contributed by atoms with Gasteiger partial charge in [0.25, 0.3) is 0 Å². The second kappa shape index (κ2) is 6.05. The number of hydrogen-bond acceptors (Lipinski definition) is 2. The van der Waals surface area contributed by atoms with Crippen molar-refractivity contribution in [2.75, 3.05) is 0 Å². The van der Waals surface area contributed by atoms with Gasteiger partial charge in [0.2, 0.25) is 0 Å². The number of carboxylic acid groups (broad SMARTS) is 1. The molecule has 4 atom stereocenters. The van der Waals surface area contributed by atoms with Crippen LogP contribution < -0.4 is 0 Å². The van der Waals surface area contributed by atoms with E-state index in [1.165, 1.54) is 25.7 Å². The Bertz CT molecular complexity index is 292. The molecule has 3 nitrogen and oxygen atoms in total. The first-order valence-corrected chi connectivity index (χ1v) is 7.69. The van der Waals surface area contributed by atoms with Crippen molar-refractivity contribution in [2.45, 2.75) is 83.3 Å². The number of rotatable bonds is 5. The molecule has 1 saturated carbocycles. The normalized spacial score (nSPS) is 34.2. The van der Waals surface area contributed by atoms with Gasteiger partial charge in [0.15, 0.2) is 0 Å². The van der Waals surface area contributed by atoms with E-state index in [9.17, 15) is 9.90 Å². The SMILES string of the molecule is CCCC(CC)N1C(C(=O)O)CC2CCCCC21. The van der Waals surface area contributed by atoms with E-state index in [2.05, 4.69) is 18.7 Å². The Morgan fingerprint density at radius 2 is 2.06 bits per heavy atom. The number of likely N-dealkylation sites (tertiary alicyclic amines) is 1. The van der Waals surface area contributed by atoms with Crippen LogP contribution in [0.4, 0.5) is 0 Å². The molecule has 2 rings (SSSR count). The van der Waals surface area contributed by atoms with E-state index in [1.54, 1.807) is 0 Å². The Morgan fingerprint density at radius 3 is 2.67 bits per heavy atom. The molecule has 104 valence electrons. The number of carbonyl (C=O) groups is 1. The molecule has 0 amide bonds. The molecule has 1 aliphatic heterocycles. The van der Waals surface area contributed by atoms with Crippen molar-refractivity contribution >= 4 is 5.97 Å². The standard InChI is InChI=1S/C15H27NO2/c1-3-7-12(4-2)16-13-9-6-5-8-11(13)10-14(16)15(17)18/h11-14H,3-10H2,1-2H3,(H,17,18). The van der Waals surface area contributed by atoms with E-state index < -0.39 is 5.97 Å². The molecule has 1 N–H and O–H groups in total. The van der Waals surface area contributed by atoms with Crippen LogP contribution in [0.1, 0.15) is 65.2 Å². The molecule has 0 aromatic heterocycles. The summed E-state index contributed by atoms with van der Waals surface area (Å²) in [6.45, 7) is 4.41. The van der Waals surface area contributed by atoms with Crippen molar-refractivity contribution in [3.05, 3.63) is 0 Å². The van der Waals surface area contributed by atoms with Crippen molar-refractivity contribution in [3.63, 3.8) is 0 Å². The number of fused-ring (bicyclic) bond motifs is 1. The molecule has 2 aliphatic rings. The molecule has 0 spiro atoms. The second-order valence-corrected chi connectivity index (χ2v) is 6.00. The Hall–Kier alpha value is -0.570. The predicted octanol–water partition coefficient (Wildman–Crippen LogP) is 3.28. The Kier molecular flexibility index (Phi) is 4.66. The van der Waals surface area contributed by atoms with Gasteiger partial charge in [-0.1, -0.05) is 33.1 Å². The molecule has 1 saturated heterocycles. The van der Waals surface area contributed by atoms with Crippen molar-refractivity contribution in [2.24, 2.45) is 5.92 Å². The van der Waals surface area contributed by atoms with Gasteiger partial charge in [-0.3, -0.25) is 9.69 Å². The van der Waals surface area contributed by atoms with E-state index in [0.717, 1.165) is 25.7 Å². The minimum absolute atomic E-state index is 0.213. The van der Waals surface area contributed by atoms with Crippen LogP contribution in [0.3, 0.4) is 0 Å². The van der Waals surface area contributed by atoms with Crippen molar-refractivity contribution in [1.82, 2.24) is 4.90 Å². The zero-order valence-corrected chi connectivity index (χ0v) is 11.8. The minimum atomic E-state index is -0.598. The maximum Gasteiger partial charge on any atom is 0.320 e. The first-order valence-electron chi connectivity index (χ1n) is 7.69. The van der Waals surface area contributed by atoms with E-state index in [1.807, 2.05) is 0 Å². The first-order chi connectivity index (χ1) is 8.69. The van der Waals surface area contributed by atoms with Crippen LogP contribution in [0.5, 0.6) is 0 Å². The zero-order chi connectivity index (χ0) is 13.1. The molecule has 1 aliphatic carbocycles. The van der Waals surface area contributed by atoms with E-state index >= 15 is 0 Å². The molecular weight excluding hydrogens is 226 g/mol. The summed E-state index contributed by atoms with van der Waals surface area (Å²) in [4.78, 5) is 13.9. The zero-order valence-electron chi connectivity index (χ0n) is 11.8. The van der Waals surface area contributed by atoms with Crippen LogP contribution in [-0.4, -0.2) is 34.1 Å². The Balaban J connectivity index is 2.17. The van der Waals surface area contributed by atoms with Crippen molar-refractivity contribution in [1.29, 1.82) is 0 Å². The summed E-state index contributed by atoms with van der Waals surface area (Å²) in [5.41, 5.74) is 0. The van der Waals surface area contributed by atoms with Gasteiger partial charge in [0, 0.05) is 12.1 Å². The quantitative estimate of drug-likeness (QED) is 0.817. The third-order valence-corrected chi connectivity index (χ3v) is 4.94. The highest BCUT2D eigenvalue weighted by Crippen LogP contribution is 2.41. The van der Waals surface area contributed by atoms with Crippen LogP contribution in [0, 0.1) is 5.92 Å². The molecule has 0 aromatic rings. The highest BCUT2D eigenvalue weighted by atomic mass is 16.4. The highest BCUT2D eigenvalue weighted by molar-refractivity contribution is 5.74. The molecule has 18 heavy (non-hydrogen) atoms. The van der Waals surface area contributed by atoms with Crippen LogP contribution in [0.2, 0.25) is 0 Å². The second-order valence-electron chi connectivity index (χ2n) is 6.00. The fourth-order valence-electron chi connectivity index (χ4n) is 4.15. The third-order valence-electron chi connectivity index (χ3n) is 4.94. The molecule has 4 unspecified atom stereocenters. The predicted molar refractivity (Wildman–Crippen MR) is 72.6 cm³/mol.